The summed E-state index contributed by atoms with van der Waals surface area (Å²) in [6, 6.07) is 22.8. The van der Waals surface area contributed by atoms with E-state index < -0.39 is 0 Å². The molecule has 1 aliphatic carbocycles. The van der Waals surface area contributed by atoms with Crippen molar-refractivity contribution in [2.45, 2.75) is 52.1 Å². The van der Waals surface area contributed by atoms with Crippen LogP contribution in [0.15, 0.2) is 92.2 Å². The van der Waals surface area contributed by atoms with Gasteiger partial charge in [-0.2, -0.15) is 0 Å². The van der Waals surface area contributed by atoms with Gasteiger partial charge in [-0.05, 0) is 104 Å². The average molecular weight is 573 g/mol. The molecule has 4 rings (SSSR count). The summed E-state index contributed by atoms with van der Waals surface area (Å²) in [5.74, 6) is 14.1. The lowest BCUT2D eigenvalue weighted by molar-refractivity contribution is -0.139. The fraction of sp³-hybridized carbons (Fsp3) is 0.308. The maximum Gasteiger partial charge on any atom is 0.330 e. The first kappa shape index (κ1) is 31.4. The average Bonchev–Trinajstić information content (AvgIpc) is 3.04. The Morgan fingerprint density at radius 3 is 2.07 bits per heavy atom. The van der Waals surface area contributed by atoms with Gasteiger partial charge in [0.15, 0.2) is 6.79 Å². The Kier molecular flexibility index (Phi) is 12.3. The van der Waals surface area contributed by atoms with Gasteiger partial charge in [0.05, 0.1) is 19.5 Å². The van der Waals surface area contributed by atoms with E-state index in [1.807, 2.05) is 36.4 Å². The molecule has 0 amide bonds. The van der Waals surface area contributed by atoms with Gasteiger partial charge in [0.25, 0.3) is 0 Å². The fourth-order valence-corrected chi connectivity index (χ4v) is 5.18. The summed E-state index contributed by atoms with van der Waals surface area (Å²) in [4.78, 5) is 11.3. The normalized spacial score (nSPS) is 15.7. The Morgan fingerprint density at radius 1 is 0.814 bits per heavy atom. The quantitative estimate of drug-likeness (QED) is 0.0585. The largest absolute Gasteiger partial charge is 0.476 e. The Balaban J connectivity index is 1.23. The van der Waals surface area contributed by atoms with Gasteiger partial charge in [-0.15, -0.1) is 0 Å². The third-order valence-electron chi connectivity index (χ3n) is 7.80. The summed E-state index contributed by atoms with van der Waals surface area (Å²) in [6.07, 6.45) is 9.57. The van der Waals surface area contributed by atoms with Crippen LogP contribution in [0.5, 0.6) is 0 Å². The van der Waals surface area contributed by atoms with Crippen LogP contribution in [0.4, 0.5) is 0 Å². The van der Waals surface area contributed by atoms with E-state index in [0.29, 0.717) is 19.1 Å². The van der Waals surface area contributed by atoms with Gasteiger partial charge in [0.1, 0.15) is 0 Å². The van der Waals surface area contributed by atoms with Crippen molar-refractivity contribution in [2.24, 2.45) is 11.8 Å². The van der Waals surface area contributed by atoms with Crippen LogP contribution in [0.1, 0.15) is 71.0 Å². The summed E-state index contributed by atoms with van der Waals surface area (Å²) in [5, 5.41) is 0. The van der Waals surface area contributed by atoms with Crippen LogP contribution >= 0.6 is 0 Å². The number of benzene rings is 3. The van der Waals surface area contributed by atoms with E-state index in [1.54, 1.807) is 0 Å². The van der Waals surface area contributed by atoms with Crippen molar-refractivity contribution in [3.63, 3.8) is 0 Å². The van der Waals surface area contributed by atoms with E-state index in [0.717, 1.165) is 58.6 Å². The first-order chi connectivity index (χ1) is 21.0. The van der Waals surface area contributed by atoms with Crippen molar-refractivity contribution in [3.8, 4) is 23.7 Å². The molecule has 1 aliphatic rings. The molecular formula is C39H40O4. The molecule has 0 saturated heterocycles. The highest BCUT2D eigenvalue weighted by Gasteiger charge is 2.21. The summed E-state index contributed by atoms with van der Waals surface area (Å²) in [6.45, 7) is 10.2. The van der Waals surface area contributed by atoms with E-state index >= 15 is 0 Å². The van der Waals surface area contributed by atoms with Crippen molar-refractivity contribution in [1.82, 2.24) is 0 Å². The predicted molar refractivity (Wildman–Crippen MR) is 172 cm³/mol. The zero-order chi connectivity index (χ0) is 30.3. The van der Waals surface area contributed by atoms with Gasteiger partial charge in [-0.25, -0.2) is 4.79 Å². The van der Waals surface area contributed by atoms with Gasteiger partial charge < -0.3 is 14.2 Å². The molecular weight excluding hydrogens is 532 g/mol. The van der Waals surface area contributed by atoms with E-state index in [2.05, 4.69) is 74.1 Å². The monoisotopic (exact) mass is 572 g/mol. The first-order valence-corrected chi connectivity index (χ1v) is 14.9. The molecule has 0 atom stereocenters. The molecule has 3 aromatic carbocycles. The molecule has 4 nitrogen and oxygen atoms in total. The number of carbonyl (C=O) groups is 1. The van der Waals surface area contributed by atoms with Crippen LogP contribution in [-0.4, -0.2) is 19.4 Å². The number of hydrogen-bond donors (Lipinski definition) is 0. The van der Waals surface area contributed by atoms with Crippen molar-refractivity contribution in [1.29, 1.82) is 0 Å². The standard InChI is InChI=1S/C39H40O4/c1-4-39(40)43-28-37-20-15-33(16-21-37)11-8-31-6-9-32(10-7-31)12-17-35-23-25-38(30(3)26-35)24-22-34-13-18-36(19-14-34)27-42-29-41-5-2/h4-7,9-10,13-14,18-19,23,25-26,33,37H,1-2,8,11,15-16,20-21,27-29H2,3H3. The minimum atomic E-state index is -0.318. The van der Waals surface area contributed by atoms with E-state index in [9.17, 15) is 4.79 Å². The number of hydrogen-bond acceptors (Lipinski definition) is 4. The number of aryl methyl sites for hydroxylation is 2. The van der Waals surface area contributed by atoms with Crippen LogP contribution in [-0.2, 0) is 32.0 Å². The van der Waals surface area contributed by atoms with Gasteiger partial charge in [-0.1, -0.05) is 73.9 Å². The van der Waals surface area contributed by atoms with Crippen molar-refractivity contribution >= 4 is 5.97 Å². The number of esters is 1. The molecule has 0 N–H and O–H groups in total. The molecule has 4 heteroatoms. The molecule has 1 saturated carbocycles. The highest BCUT2D eigenvalue weighted by atomic mass is 16.7. The molecule has 0 aromatic heterocycles. The lowest BCUT2D eigenvalue weighted by atomic mass is 9.80. The lowest BCUT2D eigenvalue weighted by Gasteiger charge is -2.28. The summed E-state index contributed by atoms with van der Waals surface area (Å²) in [7, 11) is 0. The Labute approximate surface area is 256 Å². The maximum absolute atomic E-state index is 11.3. The first-order valence-electron chi connectivity index (χ1n) is 14.9. The molecule has 1 fully saturated rings. The number of ether oxygens (including phenoxy) is 3. The van der Waals surface area contributed by atoms with Gasteiger partial charge in [-0.3, -0.25) is 0 Å². The summed E-state index contributed by atoms with van der Waals surface area (Å²) < 4.78 is 15.6. The molecule has 0 unspecified atom stereocenters. The van der Waals surface area contributed by atoms with E-state index in [1.165, 1.54) is 37.2 Å². The highest BCUT2D eigenvalue weighted by molar-refractivity contribution is 5.81. The maximum atomic E-state index is 11.3. The zero-order valence-corrected chi connectivity index (χ0v) is 25.1. The SMILES string of the molecule is C=COCOCc1ccc(C#Cc2ccc(C#Cc3ccc(CCC4CCC(COC(=O)C=C)CC4)cc3)cc2C)cc1. The topological polar surface area (TPSA) is 44.8 Å². The van der Waals surface area contributed by atoms with Crippen molar-refractivity contribution in [3.05, 3.63) is 131 Å². The second-order valence-corrected chi connectivity index (χ2v) is 11.0. The van der Waals surface area contributed by atoms with Crippen molar-refractivity contribution in [2.75, 3.05) is 13.4 Å². The van der Waals surface area contributed by atoms with Gasteiger partial charge in [0.2, 0.25) is 0 Å². The van der Waals surface area contributed by atoms with Crippen LogP contribution in [0, 0.1) is 42.4 Å². The smallest absolute Gasteiger partial charge is 0.330 e. The van der Waals surface area contributed by atoms with Gasteiger partial charge >= 0.3 is 5.97 Å². The zero-order valence-electron chi connectivity index (χ0n) is 25.1. The highest BCUT2D eigenvalue weighted by Crippen LogP contribution is 2.32. The molecule has 0 heterocycles. The molecule has 220 valence electrons. The van der Waals surface area contributed by atoms with Crippen LogP contribution in [0.2, 0.25) is 0 Å². The summed E-state index contributed by atoms with van der Waals surface area (Å²) >= 11 is 0. The van der Waals surface area contributed by atoms with Crippen LogP contribution < -0.4 is 0 Å². The summed E-state index contributed by atoms with van der Waals surface area (Å²) in [5.41, 5.74) is 7.46. The second-order valence-electron chi connectivity index (χ2n) is 11.0. The molecule has 3 aromatic rings. The van der Waals surface area contributed by atoms with E-state index in [-0.39, 0.29) is 12.8 Å². The number of carbonyl (C=O) groups excluding carboxylic acids is 1. The van der Waals surface area contributed by atoms with Crippen LogP contribution in [0.3, 0.4) is 0 Å². The Hall–Kier alpha value is -4.51. The molecule has 0 spiro atoms. The molecule has 43 heavy (non-hydrogen) atoms. The predicted octanol–water partition coefficient (Wildman–Crippen LogP) is 7.90. The Bertz CT molecular complexity index is 1490. The minimum Gasteiger partial charge on any atom is -0.476 e. The lowest BCUT2D eigenvalue weighted by Crippen LogP contribution is -2.20. The van der Waals surface area contributed by atoms with Crippen LogP contribution in [0.25, 0.3) is 0 Å². The van der Waals surface area contributed by atoms with Crippen molar-refractivity contribution < 1.29 is 19.0 Å². The Morgan fingerprint density at radius 2 is 1.42 bits per heavy atom. The van der Waals surface area contributed by atoms with E-state index in [4.69, 9.17) is 14.2 Å². The number of rotatable bonds is 11. The minimum absolute atomic E-state index is 0.194. The van der Waals surface area contributed by atoms with Gasteiger partial charge in [0, 0.05) is 28.3 Å². The molecule has 0 bridgehead atoms. The third-order valence-corrected chi connectivity index (χ3v) is 7.80. The molecule has 0 radical (unpaired) electrons. The molecule has 0 aliphatic heterocycles. The second kappa shape index (κ2) is 16.8. The fourth-order valence-electron chi connectivity index (χ4n) is 5.18. The third kappa shape index (κ3) is 10.7.